The summed E-state index contributed by atoms with van der Waals surface area (Å²) in [4.78, 5) is 12.3. The number of nitrogens with zero attached hydrogens (tertiary/aromatic N) is 1. The first-order valence-electron chi connectivity index (χ1n) is 9.55. The van der Waals surface area contributed by atoms with Crippen molar-refractivity contribution in [3.8, 4) is 11.5 Å². The highest BCUT2D eigenvalue weighted by molar-refractivity contribution is 7.89. The molecular formula is C21H27NO6S. The number of benzene rings is 2. The first kappa shape index (κ1) is 22.7. The van der Waals surface area contributed by atoms with Crippen molar-refractivity contribution in [1.29, 1.82) is 0 Å². The van der Waals surface area contributed by atoms with E-state index < -0.39 is 16.0 Å². The summed E-state index contributed by atoms with van der Waals surface area (Å²) in [5, 5.41) is 0. The van der Waals surface area contributed by atoms with Crippen LogP contribution >= 0.6 is 0 Å². The molecule has 0 fully saturated rings. The predicted octanol–water partition coefficient (Wildman–Crippen LogP) is 3.35. The van der Waals surface area contributed by atoms with Gasteiger partial charge < -0.3 is 14.2 Å². The van der Waals surface area contributed by atoms with Crippen molar-refractivity contribution in [2.45, 2.75) is 25.7 Å². The van der Waals surface area contributed by atoms with Crippen LogP contribution in [0.15, 0.2) is 53.4 Å². The van der Waals surface area contributed by atoms with Gasteiger partial charge in [-0.05, 0) is 55.5 Å². The van der Waals surface area contributed by atoms with Gasteiger partial charge in [-0.1, -0.05) is 13.8 Å². The Kier molecular flexibility index (Phi) is 8.48. The summed E-state index contributed by atoms with van der Waals surface area (Å²) in [5.41, 5.74) is 0.282. The molecule has 0 saturated heterocycles. The zero-order chi connectivity index (χ0) is 21.3. The van der Waals surface area contributed by atoms with Crippen molar-refractivity contribution in [2.75, 3.05) is 32.9 Å². The lowest BCUT2D eigenvalue weighted by Gasteiger charge is -2.18. The largest absolute Gasteiger partial charge is 0.494 e. The summed E-state index contributed by atoms with van der Waals surface area (Å²) in [6.45, 7) is 7.12. The van der Waals surface area contributed by atoms with Gasteiger partial charge in [0.2, 0.25) is 10.0 Å². The number of hydrogen-bond acceptors (Lipinski definition) is 6. The molecule has 0 heterocycles. The van der Waals surface area contributed by atoms with Gasteiger partial charge in [0.05, 0.1) is 17.1 Å². The van der Waals surface area contributed by atoms with Gasteiger partial charge in [-0.2, -0.15) is 4.31 Å². The van der Waals surface area contributed by atoms with Gasteiger partial charge in [0, 0.05) is 13.1 Å². The topological polar surface area (TPSA) is 82.1 Å². The minimum Gasteiger partial charge on any atom is -0.494 e. The quantitative estimate of drug-likeness (QED) is 0.409. The van der Waals surface area contributed by atoms with Crippen molar-refractivity contribution >= 4 is 16.0 Å². The van der Waals surface area contributed by atoms with Gasteiger partial charge in [0.1, 0.15) is 24.7 Å². The molecule has 0 aromatic heterocycles. The van der Waals surface area contributed by atoms with E-state index in [0.29, 0.717) is 25.4 Å². The van der Waals surface area contributed by atoms with E-state index in [0.717, 1.165) is 5.75 Å². The zero-order valence-electron chi connectivity index (χ0n) is 17.0. The van der Waals surface area contributed by atoms with E-state index in [9.17, 15) is 13.2 Å². The van der Waals surface area contributed by atoms with Crippen LogP contribution in [0.2, 0.25) is 0 Å². The van der Waals surface area contributed by atoms with Crippen molar-refractivity contribution < 1.29 is 27.4 Å². The number of hydrogen-bond donors (Lipinski definition) is 0. The monoisotopic (exact) mass is 421 g/mol. The van der Waals surface area contributed by atoms with Gasteiger partial charge in [-0.3, -0.25) is 0 Å². The molecule has 7 nitrogen and oxygen atoms in total. The van der Waals surface area contributed by atoms with Crippen LogP contribution < -0.4 is 9.47 Å². The van der Waals surface area contributed by atoms with Crippen LogP contribution in [0.5, 0.6) is 11.5 Å². The molecule has 2 aromatic rings. The maximum absolute atomic E-state index is 12.5. The second-order valence-electron chi connectivity index (χ2n) is 6.00. The number of carbonyl (C=O) groups is 1. The van der Waals surface area contributed by atoms with Gasteiger partial charge in [0.25, 0.3) is 0 Å². The molecule has 0 N–H and O–H groups in total. The lowest BCUT2D eigenvalue weighted by molar-refractivity contribution is 0.0450. The molecule has 0 atom stereocenters. The molecule has 158 valence electrons. The Labute approximate surface area is 172 Å². The fraction of sp³-hybridized carbons (Fsp3) is 0.381. The summed E-state index contributed by atoms with van der Waals surface area (Å²) >= 11 is 0. The highest BCUT2D eigenvalue weighted by Crippen LogP contribution is 2.18. The molecule has 0 unspecified atom stereocenters. The smallest absolute Gasteiger partial charge is 0.338 e. The minimum atomic E-state index is -3.55. The van der Waals surface area contributed by atoms with E-state index in [1.54, 1.807) is 38.1 Å². The minimum absolute atomic E-state index is 0.0749. The number of ether oxygens (including phenoxy) is 3. The first-order chi connectivity index (χ1) is 13.9. The Morgan fingerprint density at radius 3 is 1.90 bits per heavy atom. The summed E-state index contributed by atoms with van der Waals surface area (Å²) in [6, 6.07) is 12.9. The van der Waals surface area contributed by atoms with Gasteiger partial charge in [0.15, 0.2) is 0 Å². The van der Waals surface area contributed by atoms with E-state index in [2.05, 4.69) is 0 Å². The summed E-state index contributed by atoms with van der Waals surface area (Å²) in [7, 11) is -3.55. The Hall–Kier alpha value is -2.58. The van der Waals surface area contributed by atoms with E-state index in [1.807, 2.05) is 6.92 Å². The van der Waals surface area contributed by atoms with Crippen LogP contribution in [0.1, 0.15) is 31.1 Å². The van der Waals surface area contributed by atoms with Crippen molar-refractivity contribution in [1.82, 2.24) is 4.31 Å². The standard InChI is InChI=1S/C21H27NO6S/c1-4-22(5-2)29(24,25)20-13-7-17(8-14-20)21(23)28-16-15-27-19-11-9-18(10-12-19)26-6-3/h7-14H,4-6,15-16H2,1-3H3. The highest BCUT2D eigenvalue weighted by atomic mass is 32.2. The maximum Gasteiger partial charge on any atom is 0.338 e. The van der Waals surface area contributed by atoms with Crippen molar-refractivity contribution in [2.24, 2.45) is 0 Å². The Morgan fingerprint density at radius 1 is 0.828 bits per heavy atom. The van der Waals surface area contributed by atoms with E-state index >= 15 is 0 Å². The van der Waals surface area contributed by atoms with Crippen molar-refractivity contribution in [3.05, 3.63) is 54.1 Å². The highest BCUT2D eigenvalue weighted by Gasteiger charge is 2.21. The van der Waals surface area contributed by atoms with E-state index in [1.165, 1.54) is 28.6 Å². The Morgan fingerprint density at radius 2 is 1.38 bits per heavy atom. The Bertz CT molecular complexity index is 874. The van der Waals surface area contributed by atoms with Gasteiger partial charge in [-0.15, -0.1) is 0 Å². The summed E-state index contributed by atoms with van der Waals surface area (Å²) in [6.07, 6.45) is 0. The molecule has 2 aromatic carbocycles. The molecule has 0 saturated carbocycles. The van der Waals surface area contributed by atoms with E-state index in [-0.39, 0.29) is 23.7 Å². The number of carbonyl (C=O) groups excluding carboxylic acids is 1. The molecule has 0 bridgehead atoms. The number of esters is 1. The molecule has 0 spiro atoms. The van der Waals surface area contributed by atoms with Gasteiger partial charge in [-0.25, -0.2) is 13.2 Å². The third-order valence-corrected chi connectivity index (χ3v) is 6.22. The summed E-state index contributed by atoms with van der Waals surface area (Å²) in [5.74, 6) is 0.875. The second kappa shape index (κ2) is 10.8. The van der Waals surface area contributed by atoms with E-state index in [4.69, 9.17) is 14.2 Å². The van der Waals surface area contributed by atoms with Crippen LogP contribution in [0.25, 0.3) is 0 Å². The lowest BCUT2D eigenvalue weighted by atomic mass is 10.2. The molecule has 0 amide bonds. The number of rotatable bonds is 11. The van der Waals surface area contributed by atoms with Crippen LogP contribution in [0.3, 0.4) is 0 Å². The molecule has 0 aliphatic heterocycles. The maximum atomic E-state index is 12.5. The Balaban J connectivity index is 1.85. The molecular weight excluding hydrogens is 394 g/mol. The van der Waals surface area contributed by atoms with Crippen LogP contribution in [0, 0.1) is 0 Å². The van der Waals surface area contributed by atoms with Crippen molar-refractivity contribution in [3.63, 3.8) is 0 Å². The molecule has 2 rings (SSSR count). The molecule has 29 heavy (non-hydrogen) atoms. The fourth-order valence-electron chi connectivity index (χ4n) is 2.65. The summed E-state index contributed by atoms with van der Waals surface area (Å²) < 4.78 is 42.3. The first-order valence-corrected chi connectivity index (χ1v) is 11.0. The zero-order valence-corrected chi connectivity index (χ0v) is 17.8. The average Bonchev–Trinajstić information content (AvgIpc) is 2.73. The molecule has 0 radical (unpaired) electrons. The third-order valence-electron chi connectivity index (χ3n) is 4.15. The predicted molar refractivity (Wildman–Crippen MR) is 110 cm³/mol. The SMILES string of the molecule is CCOc1ccc(OCCOC(=O)c2ccc(S(=O)(=O)N(CC)CC)cc2)cc1. The molecule has 0 aliphatic carbocycles. The van der Waals surface area contributed by atoms with Crippen LogP contribution in [-0.2, 0) is 14.8 Å². The molecule has 0 aliphatic rings. The lowest BCUT2D eigenvalue weighted by Crippen LogP contribution is -2.30. The third kappa shape index (κ3) is 6.20. The molecule has 8 heteroatoms. The normalized spacial score (nSPS) is 11.3. The van der Waals surface area contributed by atoms with Gasteiger partial charge >= 0.3 is 5.97 Å². The average molecular weight is 422 g/mol. The second-order valence-corrected chi connectivity index (χ2v) is 7.94. The van der Waals surface area contributed by atoms with Crippen LogP contribution in [-0.4, -0.2) is 51.6 Å². The fourth-order valence-corrected chi connectivity index (χ4v) is 4.11. The number of sulfonamides is 1. The van der Waals surface area contributed by atoms with Crippen LogP contribution in [0.4, 0.5) is 0 Å².